The molecule has 3 N–H and O–H groups in total. The van der Waals surface area contributed by atoms with Crippen LogP contribution in [0.25, 0.3) is 0 Å². The largest absolute Gasteiger partial charge is 0.456 e. The van der Waals surface area contributed by atoms with Crippen LogP contribution in [0.5, 0.6) is 0 Å². The zero-order valence-corrected chi connectivity index (χ0v) is 16.3. The molecule has 0 saturated carbocycles. The van der Waals surface area contributed by atoms with Gasteiger partial charge in [0.1, 0.15) is 12.2 Å². The average molecular weight is 414 g/mol. The van der Waals surface area contributed by atoms with E-state index in [9.17, 15) is 18.4 Å². The summed E-state index contributed by atoms with van der Waals surface area (Å²) in [6.07, 6.45) is -11.9. The molecule has 2 heterocycles. The zero-order chi connectivity index (χ0) is 21.8. The highest BCUT2D eigenvalue weighted by Gasteiger charge is 2.47. The van der Waals surface area contributed by atoms with E-state index in [1.807, 2.05) is 0 Å². The Bertz CT molecular complexity index is 521. The van der Waals surface area contributed by atoms with Gasteiger partial charge in [-0.05, 0) is 20.8 Å². The fourth-order valence-electron chi connectivity index (χ4n) is 2.89. The number of aliphatic hydroxyl groups excluding tert-OH is 3. The van der Waals surface area contributed by atoms with E-state index in [0.29, 0.717) is 0 Å². The van der Waals surface area contributed by atoms with Gasteiger partial charge in [0.25, 0.3) is 0 Å². The van der Waals surface area contributed by atoms with Crippen LogP contribution in [0, 0.1) is 0 Å². The molecular formula is C17H28F2O9. The van der Waals surface area contributed by atoms with Crippen LogP contribution in [-0.4, -0.2) is 88.6 Å². The van der Waals surface area contributed by atoms with Crippen molar-refractivity contribution in [1.82, 2.24) is 0 Å². The molecule has 2 rings (SSSR count). The molecule has 2 unspecified atom stereocenters. The fourth-order valence-corrected chi connectivity index (χ4v) is 2.89. The first-order chi connectivity index (χ1) is 12.9. The minimum atomic E-state index is -1.93. The van der Waals surface area contributed by atoms with Gasteiger partial charge < -0.3 is 34.3 Å². The molecule has 0 radical (unpaired) electrons. The molecule has 10 atom stereocenters. The molecule has 0 aromatic carbocycles. The second-order valence-electron chi connectivity index (χ2n) is 6.80. The highest BCUT2D eigenvalue weighted by molar-refractivity contribution is 5.67. The zero-order valence-electron chi connectivity index (χ0n) is 16.3. The Balaban J connectivity index is 0.000000307. The van der Waals surface area contributed by atoms with E-state index in [1.165, 1.54) is 20.8 Å². The third-order valence-corrected chi connectivity index (χ3v) is 4.37. The first-order valence-electron chi connectivity index (χ1n) is 8.84. The molecular weight excluding hydrogens is 386 g/mol. The van der Waals surface area contributed by atoms with Gasteiger partial charge in [-0.1, -0.05) is 0 Å². The highest BCUT2D eigenvalue weighted by atomic mass is 19.1. The summed E-state index contributed by atoms with van der Waals surface area (Å²) in [6.45, 7) is 7.03. The number of hydrogen-bond donors (Lipinski definition) is 3. The predicted octanol–water partition coefficient (Wildman–Crippen LogP) is -0.221. The molecule has 2 aliphatic rings. The second-order valence-corrected chi connectivity index (χ2v) is 6.80. The molecule has 0 spiro atoms. The second kappa shape index (κ2) is 10.4. The molecule has 0 amide bonds. The van der Waals surface area contributed by atoms with E-state index >= 15 is 0 Å². The van der Waals surface area contributed by atoms with Crippen LogP contribution in [0.15, 0.2) is 0 Å². The van der Waals surface area contributed by atoms with Crippen LogP contribution < -0.4 is 0 Å². The SMILES string of the molecule is CC(=O)O[C@@H]1[C@@H](OC(C)=O)[C@@H](F)C(C)O[C@H]1C.C[C@@H]1OC(O)[C@H](F)[C@H](O)[C@H]1O. The Hall–Kier alpha value is -1.40. The van der Waals surface area contributed by atoms with Crippen molar-refractivity contribution in [3.05, 3.63) is 0 Å². The van der Waals surface area contributed by atoms with Gasteiger partial charge in [0.05, 0.1) is 18.3 Å². The van der Waals surface area contributed by atoms with Crippen LogP contribution in [0.3, 0.4) is 0 Å². The van der Waals surface area contributed by atoms with E-state index in [0.717, 1.165) is 0 Å². The summed E-state index contributed by atoms with van der Waals surface area (Å²) < 4.78 is 46.2. The maximum atomic E-state index is 13.9. The van der Waals surface area contributed by atoms with Gasteiger partial charge in [-0.3, -0.25) is 9.59 Å². The van der Waals surface area contributed by atoms with Crippen molar-refractivity contribution in [3.63, 3.8) is 0 Å². The maximum absolute atomic E-state index is 13.9. The molecule has 11 heteroatoms. The predicted molar refractivity (Wildman–Crippen MR) is 89.5 cm³/mol. The molecule has 2 fully saturated rings. The lowest BCUT2D eigenvalue weighted by Gasteiger charge is -2.40. The molecule has 0 bridgehead atoms. The molecule has 0 aromatic rings. The van der Waals surface area contributed by atoms with Crippen molar-refractivity contribution in [3.8, 4) is 0 Å². The van der Waals surface area contributed by atoms with Crippen molar-refractivity contribution in [1.29, 1.82) is 0 Å². The van der Waals surface area contributed by atoms with Crippen molar-refractivity contribution in [2.24, 2.45) is 0 Å². The summed E-state index contributed by atoms with van der Waals surface area (Å²) in [7, 11) is 0. The Labute approximate surface area is 161 Å². The summed E-state index contributed by atoms with van der Waals surface area (Å²) in [4.78, 5) is 21.9. The van der Waals surface area contributed by atoms with Crippen molar-refractivity contribution < 1.29 is 52.6 Å². The van der Waals surface area contributed by atoms with Crippen molar-refractivity contribution >= 4 is 11.9 Å². The van der Waals surface area contributed by atoms with E-state index < -0.39 is 73.3 Å². The summed E-state index contributed by atoms with van der Waals surface area (Å²) in [5, 5.41) is 26.7. The van der Waals surface area contributed by atoms with Gasteiger partial charge in [-0.25, -0.2) is 8.78 Å². The first kappa shape index (κ1) is 24.6. The molecule has 28 heavy (non-hydrogen) atoms. The molecule has 9 nitrogen and oxygen atoms in total. The highest BCUT2D eigenvalue weighted by Crippen LogP contribution is 2.28. The van der Waals surface area contributed by atoms with Crippen LogP contribution in [0.4, 0.5) is 8.78 Å². The average Bonchev–Trinajstić information content (AvgIpc) is 2.59. The molecule has 164 valence electrons. The number of alkyl halides is 2. The number of hydrogen-bond acceptors (Lipinski definition) is 9. The monoisotopic (exact) mass is 414 g/mol. The number of esters is 2. The number of carbonyl (C=O) groups excluding carboxylic acids is 2. The number of ether oxygens (including phenoxy) is 4. The third-order valence-electron chi connectivity index (χ3n) is 4.37. The lowest BCUT2D eigenvalue weighted by Crippen LogP contribution is -2.57. The van der Waals surface area contributed by atoms with Gasteiger partial charge >= 0.3 is 11.9 Å². The fraction of sp³-hybridized carbons (Fsp3) is 0.882. The third kappa shape index (κ3) is 6.31. The van der Waals surface area contributed by atoms with Gasteiger partial charge in [0.2, 0.25) is 0 Å². The van der Waals surface area contributed by atoms with E-state index in [4.69, 9.17) is 29.5 Å². The first-order valence-corrected chi connectivity index (χ1v) is 8.84. The van der Waals surface area contributed by atoms with Gasteiger partial charge in [-0.2, -0.15) is 0 Å². The van der Waals surface area contributed by atoms with Gasteiger partial charge in [0, 0.05) is 13.8 Å². The Morgan fingerprint density at radius 2 is 1.25 bits per heavy atom. The normalized spacial score (nSPS) is 43.4. The lowest BCUT2D eigenvalue weighted by atomic mass is 9.97. The summed E-state index contributed by atoms with van der Waals surface area (Å²) >= 11 is 0. The number of aliphatic hydroxyl groups is 3. The van der Waals surface area contributed by atoms with E-state index in [1.54, 1.807) is 13.8 Å². The summed E-state index contributed by atoms with van der Waals surface area (Å²) in [5.41, 5.74) is 0. The van der Waals surface area contributed by atoms with Crippen LogP contribution in [0.1, 0.15) is 34.6 Å². The van der Waals surface area contributed by atoms with Crippen LogP contribution in [0.2, 0.25) is 0 Å². The van der Waals surface area contributed by atoms with E-state index in [-0.39, 0.29) is 0 Å². The Kier molecular flexibility index (Phi) is 9.15. The standard InChI is InChI=1S/C11H17FO5.C6H11FO4/c1-5-9(12)11(17-8(4)14)10(6(2)15-5)16-7(3)13;1-2-4(8)5(9)3(7)6(10)11-2/h5-6,9-11H,1-4H3;2-6,8-10H,1H3/t5?,6-,9-,10-,11-;2-,3+,4-,5-,6?/m00/s1. The summed E-state index contributed by atoms with van der Waals surface area (Å²) in [5.74, 6) is -1.18. The molecule has 2 aliphatic heterocycles. The number of halogens is 2. The topological polar surface area (TPSA) is 132 Å². The Morgan fingerprint density at radius 3 is 1.75 bits per heavy atom. The minimum Gasteiger partial charge on any atom is -0.456 e. The smallest absolute Gasteiger partial charge is 0.303 e. The lowest BCUT2D eigenvalue weighted by molar-refractivity contribution is -0.261. The molecule has 2 saturated heterocycles. The number of carbonyl (C=O) groups is 2. The van der Waals surface area contributed by atoms with Gasteiger partial charge in [0.15, 0.2) is 30.8 Å². The maximum Gasteiger partial charge on any atom is 0.303 e. The molecule has 0 aromatic heterocycles. The van der Waals surface area contributed by atoms with Crippen LogP contribution >= 0.6 is 0 Å². The van der Waals surface area contributed by atoms with Crippen LogP contribution in [-0.2, 0) is 28.5 Å². The number of rotatable bonds is 2. The Morgan fingerprint density at radius 1 is 0.750 bits per heavy atom. The van der Waals surface area contributed by atoms with Crippen molar-refractivity contribution in [2.45, 2.75) is 96.0 Å². The van der Waals surface area contributed by atoms with Gasteiger partial charge in [-0.15, -0.1) is 0 Å². The minimum absolute atomic E-state index is 0.523. The molecule has 0 aliphatic carbocycles. The van der Waals surface area contributed by atoms with Crippen molar-refractivity contribution in [2.75, 3.05) is 0 Å². The quantitative estimate of drug-likeness (QED) is 0.525. The summed E-state index contributed by atoms with van der Waals surface area (Å²) in [6, 6.07) is 0. The van der Waals surface area contributed by atoms with E-state index in [2.05, 4.69) is 4.74 Å².